The SMILES string of the molecule is COC.Cc1cccccncc(C(F)(F)F)c1. The van der Waals surface area contributed by atoms with Crippen molar-refractivity contribution in [2.75, 3.05) is 14.2 Å². The van der Waals surface area contributed by atoms with Crippen LogP contribution < -0.4 is 0 Å². The van der Waals surface area contributed by atoms with Crippen molar-refractivity contribution in [3.63, 3.8) is 0 Å². The van der Waals surface area contributed by atoms with Gasteiger partial charge in [0.1, 0.15) is 0 Å². The summed E-state index contributed by atoms with van der Waals surface area (Å²) in [5, 5.41) is 0. The molecule has 0 saturated heterocycles. The number of ether oxygens (including phenoxy) is 1. The molecular formula is C13H16F3NO. The van der Waals surface area contributed by atoms with Gasteiger partial charge in [-0.2, -0.15) is 13.2 Å². The van der Waals surface area contributed by atoms with Crippen LogP contribution in [0.15, 0.2) is 42.7 Å². The number of alkyl halides is 3. The van der Waals surface area contributed by atoms with Crippen LogP contribution in [0.2, 0.25) is 0 Å². The fraction of sp³-hybridized carbons (Fsp3) is 0.308. The van der Waals surface area contributed by atoms with E-state index in [0.29, 0.717) is 5.56 Å². The Hall–Kier alpha value is -1.62. The largest absolute Gasteiger partial charge is 0.417 e. The van der Waals surface area contributed by atoms with Crippen molar-refractivity contribution in [3.8, 4) is 0 Å². The van der Waals surface area contributed by atoms with E-state index in [0.717, 1.165) is 12.3 Å². The summed E-state index contributed by atoms with van der Waals surface area (Å²) in [6.07, 6.45) is -2.24. The van der Waals surface area contributed by atoms with Crippen molar-refractivity contribution >= 4 is 0 Å². The molecule has 0 amide bonds. The molecule has 5 heteroatoms. The molecule has 1 aromatic heterocycles. The lowest BCUT2D eigenvalue weighted by Crippen LogP contribution is -2.04. The van der Waals surface area contributed by atoms with Crippen molar-refractivity contribution in [1.82, 2.24) is 4.98 Å². The average Bonchev–Trinajstić information content (AvgIpc) is 2.26. The van der Waals surface area contributed by atoms with Crippen molar-refractivity contribution in [3.05, 3.63) is 53.9 Å². The van der Waals surface area contributed by atoms with Gasteiger partial charge in [-0.1, -0.05) is 23.8 Å². The van der Waals surface area contributed by atoms with E-state index in [2.05, 4.69) is 9.72 Å². The lowest BCUT2D eigenvalue weighted by molar-refractivity contribution is -0.137. The number of halogens is 3. The molecule has 0 aliphatic rings. The number of hydrogen-bond acceptors (Lipinski definition) is 2. The zero-order chi connectivity index (χ0) is 14.0. The van der Waals surface area contributed by atoms with Crippen LogP contribution in [0.1, 0.15) is 11.1 Å². The van der Waals surface area contributed by atoms with Crippen LogP contribution in [0.5, 0.6) is 0 Å². The zero-order valence-electron chi connectivity index (χ0n) is 10.5. The first kappa shape index (κ1) is 16.4. The maximum Gasteiger partial charge on any atom is 0.417 e. The van der Waals surface area contributed by atoms with Gasteiger partial charge in [-0.05, 0) is 19.1 Å². The van der Waals surface area contributed by atoms with E-state index in [9.17, 15) is 13.2 Å². The molecule has 0 aliphatic heterocycles. The number of rotatable bonds is 0. The molecule has 1 heterocycles. The van der Waals surface area contributed by atoms with E-state index in [1.807, 2.05) is 0 Å². The van der Waals surface area contributed by atoms with Gasteiger partial charge in [-0.25, -0.2) is 0 Å². The molecule has 0 radical (unpaired) electrons. The van der Waals surface area contributed by atoms with Crippen LogP contribution in [0, 0.1) is 6.92 Å². The first-order valence-corrected chi connectivity index (χ1v) is 5.14. The molecular weight excluding hydrogens is 243 g/mol. The van der Waals surface area contributed by atoms with Gasteiger partial charge in [0.15, 0.2) is 0 Å². The van der Waals surface area contributed by atoms with E-state index in [1.165, 1.54) is 6.20 Å². The van der Waals surface area contributed by atoms with Gasteiger partial charge in [0.25, 0.3) is 0 Å². The smallest absolute Gasteiger partial charge is 0.388 e. The molecule has 1 aromatic rings. The molecule has 0 fully saturated rings. The van der Waals surface area contributed by atoms with E-state index in [4.69, 9.17) is 0 Å². The maximum atomic E-state index is 12.4. The van der Waals surface area contributed by atoms with Gasteiger partial charge < -0.3 is 4.74 Å². The van der Waals surface area contributed by atoms with E-state index < -0.39 is 11.7 Å². The lowest BCUT2D eigenvalue weighted by Gasteiger charge is -2.03. The summed E-state index contributed by atoms with van der Waals surface area (Å²) in [7, 11) is 3.25. The Morgan fingerprint density at radius 2 is 1.72 bits per heavy atom. The second-order valence-electron chi connectivity index (χ2n) is 3.42. The molecule has 0 aliphatic carbocycles. The third kappa shape index (κ3) is 7.62. The summed E-state index contributed by atoms with van der Waals surface area (Å²) in [4.78, 5) is 3.54. The van der Waals surface area contributed by atoms with E-state index in [1.54, 1.807) is 45.4 Å². The van der Waals surface area contributed by atoms with Gasteiger partial charge in [-0.15, -0.1) is 0 Å². The summed E-state index contributed by atoms with van der Waals surface area (Å²) >= 11 is 0. The molecule has 0 aromatic carbocycles. The average molecular weight is 259 g/mol. The molecule has 1 rings (SSSR count). The van der Waals surface area contributed by atoms with Gasteiger partial charge in [0.2, 0.25) is 0 Å². The minimum Gasteiger partial charge on any atom is -0.388 e. The molecule has 0 spiro atoms. The number of nitrogens with zero attached hydrogens (tertiary/aromatic N) is 1. The monoisotopic (exact) mass is 259 g/mol. The molecule has 0 saturated carbocycles. The Bertz CT molecular complexity index is 404. The Balaban J connectivity index is 0.000000873. The molecule has 0 bridgehead atoms. The van der Waals surface area contributed by atoms with Gasteiger partial charge in [-0.3, -0.25) is 4.98 Å². The summed E-state index contributed by atoms with van der Waals surface area (Å²) in [5.74, 6) is 0. The van der Waals surface area contributed by atoms with Gasteiger partial charge >= 0.3 is 6.18 Å². The molecule has 0 unspecified atom stereocenters. The minimum absolute atomic E-state index is 0.528. The topological polar surface area (TPSA) is 22.1 Å². The third-order valence-corrected chi connectivity index (χ3v) is 1.68. The standard InChI is InChI=1S/C11H10F3N.C2H6O/c1-9-5-3-2-4-6-15-8-10(7-9)11(12,13)14;1-3-2/h2-8H,1H3;1-2H3. The molecule has 0 N–H and O–H groups in total. The van der Waals surface area contributed by atoms with Crippen molar-refractivity contribution in [1.29, 1.82) is 0 Å². The van der Waals surface area contributed by atoms with Crippen molar-refractivity contribution in [2.24, 2.45) is 0 Å². The molecule has 0 atom stereocenters. The summed E-state index contributed by atoms with van der Waals surface area (Å²) in [6, 6.07) is 7.60. The Morgan fingerprint density at radius 1 is 1.11 bits per heavy atom. The first-order valence-electron chi connectivity index (χ1n) is 5.14. The normalized spacial score (nSPS) is 9.89. The molecule has 2 nitrogen and oxygen atoms in total. The number of aromatic nitrogens is 1. The van der Waals surface area contributed by atoms with Crippen molar-refractivity contribution < 1.29 is 17.9 Å². The Kier molecular flexibility index (Phi) is 7.71. The quantitative estimate of drug-likeness (QED) is 0.707. The molecule has 100 valence electrons. The van der Waals surface area contributed by atoms with Gasteiger partial charge in [0.05, 0.1) is 5.56 Å². The van der Waals surface area contributed by atoms with Crippen LogP contribution in [0.4, 0.5) is 13.2 Å². The Labute approximate surface area is 105 Å². The Morgan fingerprint density at radius 3 is 2.28 bits per heavy atom. The first-order chi connectivity index (χ1) is 8.41. The van der Waals surface area contributed by atoms with Crippen LogP contribution >= 0.6 is 0 Å². The van der Waals surface area contributed by atoms with Crippen LogP contribution in [0.25, 0.3) is 0 Å². The van der Waals surface area contributed by atoms with Gasteiger partial charge in [0, 0.05) is 26.6 Å². The fourth-order valence-electron chi connectivity index (χ4n) is 0.980. The van der Waals surface area contributed by atoms with E-state index in [-0.39, 0.29) is 0 Å². The fourth-order valence-corrected chi connectivity index (χ4v) is 0.980. The number of methoxy groups -OCH3 is 1. The third-order valence-electron chi connectivity index (χ3n) is 1.68. The maximum absolute atomic E-state index is 12.4. The van der Waals surface area contributed by atoms with Crippen LogP contribution in [0.3, 0.4) is 0 Å². The van der Waals surface area contributed by atoms with Crippen LogP contribution in [-0.2, 0) is 10.9 Å². The highest BCUT2D eigenvalue weighted by atomic mass is 19.4. The highest BCUT2D eigenvalue weighted by Gasteiger charge is 2.30. The number of hydrogen-bond donors (Lipinski definition) is 0. The second-order valence-corrected chi connectivity index (χ2v) is 3.42. The predicted octanol–water partition coefficient (Wildman–Crippen LogP) is 3.80. The predicted molar refractivity (Wildman–Crippen MR) is 64.5 cm³/mol. The minimum atomic E-state index is -4.37. The summed E-state index contributed by atoms with van der Waals surface area (Å²) in [5.41, 5.74) is -0.225. The lowest BCUT2D eigenvalue weighted by atomic mass is 10.2. The summed E-state index contributed by atoms with van der Waals surface area (Å²) in [6.45, 7) is 1.61. The van der Waals surface area contributed by atoms with E-state index >= 15 is 0 Å². The van der Waals surface area contributed by atoms with Crippen LogP contribution in [-0.4, -0.2) is 19.2 Å². The summed E-state index contributed by atoms with van der Waals surface area (Å²) < 4.78 is 41.5. The highest BCUT2D eigenvalue weighted by molar-refractivity contribution is 5.18. The zero-order valence-corrected chi connectivity index (χ0v) is 10.5. The second kappa shape index (κ2) is 8.47. The number of aryl methyl sites for hydroxylation is 1. The van der Waals surface area contributed by atoms with Crippen molar-refractivity contribution in [2.45, 2.75) is 13.1 Å². The highest BCUT2D eigenvalue weighted by Crippen LogP contribution is 2.27. The molecule has 18 heavy (non-hydrogen) atoms.